The van der Waals surface area contributed by atoms with Gasteiger partial charge in [0.1, 0.15) is 5.25 Å². The van der Waals surface area contributed by atoms with Crippen molar-refractivity contribution in [2.75, 3.05) is 5.75 Å². The standard InChI is InChI=1S/C29H46O2S/c1-19(2)21(4)10-11-22(5)26-13-14-27-23(8-7-15-29(26,27)6)17-28-25-16-20(3)9-12-24(25)18-32(28,30)31/h10-11,17,19-22,26-28H,7-9,12-16,18H2,1-6H3/b11-10+,23-17+/t20-,21-,22+,26?,27?,28?,29+/m0/s1. The molecule has 2 nitrogen and oxygen atoms in total. The fourth-order valence-electron chi connectivity index (χ4n) is 7.48. The van der Waals surface area contributed by atoms with Gasteiger partial charge in [-0.25, -0.2) is 8.42 Å². The smallest absolute Gasteiger partial charge is 0.164 e. The molecule has 0 aromatic carbocycles. The molecule has 180 valence electrons. The lowest BCUT2D eigenvalue weighted by Crippen LogP contribution is -2.36. The Kier molecular flexibility index (Phi) is 6.90. The van der Waals surface area contributed by atoms with Crippen LogP contribution in [0.4, 0.5) is 0 Å². The zero-order valence-electron chi connectivity index (χ0n) is 21.4. The molecule has 1 heterocycles. The molecule has 0 spiro atoms. The van der Waals surface area contributed by atoms with E-state index in [2.05, 4.69) is 59.8 Å². The van der Waals surface area contributed by atoms with E-state index in [1.54, 1.807) is 0 Å². The molecule has 3 aliphatic carbocycles. The van der Waals surface area contributed by atoms with Gasteiger partial charge in [-0.2, -0.15) is 0 Å². The SMILES string of the molecule is CC(C)[C@@H](C)/C=C/[C@@H](C)C1CCC2/C(=C/C3C4=C(CC[C@H](C)C4)CS3(=O)=O)CCC[C@@]21C. The molecule has 1 aliphatic heterocycles. The predicted octanol–water partition coefficient (Wildman–Crippen LogP) is 7.53. The summed E-state index contributed by atoms with van der Waals surface area (Å²) in [6.45, 7) is 14.2. The van der Waals surface area contributed by atoms with Crippen LogP contribution in [0.1, 0.15) is 92.9 Å². The summed E-state index contributed by atoms with van der Waals surface area (Å²) >= 11 is 0. The van der Waals surface area contributed by atoms with Crippen LogP contribution in [0.15, 0.2) is 34.9 Å². The molecule has 4 aliphatic rings. The average Bonchev–Trinajstić information content (AvgIpc) is 3.20. The van der Waals surface area contributed by atoms with Crippen molar-refractivity contribution in [3.05, 3.63) is 34.9 Å². The van der Waals surface area contributed by atoms with Gasteiger partial charge in [-0.3, -0.25) is 0 Å². The van der Waals surface area contributed by atoms with E-state index < -0.39 is 9.84 Å². The minimum absolute atomic E-state index is 0.314. The maximum Gasteiger partial charge on any atom is 0.164 e. The summed E-state index contributed by atoms with van der Waals surface area (Å²) in [7, 11) is -3.06. The average molecular weight is 459 g/mol. The Hall–Kier alpha value is -0.830. The van der Waals surface area contributed by atoms with E-state index in [1.807, 2.05) is 0 Å². The lowest BCUT2D eigenvalue weighted by atomic mass is 9.61. The molecule has 0 amide bonds. The first-order valence-corrected chi connectivity index (χ1v) is 15.1. The summed E-state index contributed by atoms with van der Waals surface area (Å²) in [5.41, 5.74) is 4.32. The Morgan fingerprint density at radius 2 is 1.78 bits per heavy atom. The van der Waals surface area contributed by atoms with Crippen LogP contribution in [0.3, 0.4) is 0 Å². The number of rotatable bonds is 5. The molecular formula is C29H46O2S. The van der Waals surface area contributed by atoms with Gasteiger partial charge in [0.15, 0.2) is 9.84 Å². The van der Waals surface area contributed by atoms with E-state index in [0.29, 0.717) is 46.7 Å². The Morgan fingerprint density at radius 1 is 1.03 bits per heavy atom. The van der Waals surface area contributed by atoms with Crippen molar-refractivity contribution in [3.8, 4) is 0 Å². The first-order valence-electron chi connectivity index (χ1n) is 13.3. The fraction of sp³-hybridized carbons (Fsp3) is 0.793. The number of fused-ring (bicyclic) bond motifs is 1. The molecule has 0 aromatic heterocycles. The summed E-state index contributed by atoms with van der Waals surface area (Å²) in [5.74, 6) is 4.12. The lowest BCUT2D eigenvalue weighted by molar-refractivity contribution is 0.112. The number of hydrogen-bond donors (Lipinski definition) is 0. The summed E-state index contributed by atoms with van der Waals surface area (Å²) in [6.07, 6.45) is 16.5. The van der Waals surface area contributed by atoms with E-state index in [0.717, 1.165) is 25.7 Å². The van der Waals surface area contributed by atoms with Gasteiger partial charge >= 0.3 is 0 Å². The third-order valence-corrected chi connectivity index (χ3v) is 11.8. The summed E-state index contributed by atoms with van der Waals surface area (Å²) in [4.78, 5) is 0. The zero-order chi connectivity index (χ0) is 23.3. The van der Waals surface area contributed by atoms with E-state index in [9.17, 15) is 8.42 Å². The second-order valence-electron chi connectivity index (χ2n) is 12.4. The number of sulfone groups is 1. The van der Waals surface area contributed by atoms with Crippen LogP contribution in [0.25, 0.3) is 0 Å². The van der Waals surface area contributed by atoms with Crippen molar-refractivity contribution < 1.29 is 8.42 Å². The van der Waals surface area contributed by atoms with Crippen LogP contribution in [0.5, 0.6) is 0 Å². The van der Waals surface area contributed by atoms with E-state index in [4.69, 9.17) is 0 Å². The first-order chi connectivity index (χ1) is 15.0. The molecular weight excluding hydrogens is 412 g/mol. The summed E-state index contributed by atoms with van der Waals surface area (Å²) < 4.78 is 26.3. The highest BCUT2D eigenvalue weighted by molar-refractivity contribution is 7.92. The Labute approximate surface area is 197 Å². The molecule has 0 saturated heterocycles. The van der Waals surface area contributed by atoms with Crippen LogP contribution < -0.4 is 0 Å². The van der Waals surface area contributed by atoms with Gasteiger partial charge in [0.2, 0.25) is 0 Å². The molecule has 32 heavy (non-hydrogen) atoms. The van der Waals surface area contributed by atoms with Crippen molar-refractivity contribution in [1.82, 2.24) is 0 Å². The van der Waals surface area contributed by atoms with Crippen molar-refractivity contribution >= 4 is 9.84 Å². The lowest BCUT2D eigenvalue weighted by Gasteiger charge is -2.44. The second kappa shape index (κ2) is 9.08. The van der Waals surface area contributed by atoms with Gasteiger partial charge in [0.25, 0.3) is 0 Å². The molecule has 2 saturated carbocycles. The second-order valence-corrected chi connectivity index (χ2v) is 14.5. The highest BCUT2D eigenvalue weighted by atomic mass is 32.2. The third kappa shape index (κ3) is 4.44. The maximum atomic E-state index is 13.2. The maximum absolute atomic E-state index is 13.2. The van der Waals surface area contributed by atoms with E-state index in [1.165, 1.54) is 42.4 Å². The number of allylic oxidation sites excluding steroid dienone is 3. The summed E-state index contributed by atoms with van der Waals surface area (Å²) in [5, 5.41) is -0.319. The minimum Gasteiger partial charge on any atom is -0.228 e. The van der Waals surface area contributed by atoms with Gasteiger partial charge in [0, 0.05) is 0 Å². The molecule has 0 radical (unpaired) electrons. The van der Waals surface area contributed by atoms with Crippen molar-refractivity contribution in [2.45, 2.75) is 98.2 Å². The van der Waals surface area contributed by atoms with Crippen molar-refractivity contribution in [2.24, 2.45) is 40.9 Å². The summed E-state index contributed by atoms with van der Waals surface area (Å²) in [6, 6.07) is 0. The van der Waals surface area contributed by atoms with Crippen LogP contribution >= 0.6 is 0 Å². The molecule has 0 aromatic rings. The third-order valence-electron chi connectivity index (χ3n) is 9.88. The highest BCUT2D eigenvalue weighted by Crippen LogP contribution is 2.60. The van der Waals surface area contributed by atoms with Gasteiger partial charge in [0.05, 0.1) is 5.75 Å². The van der Waals surface area contributed by atoms with E-state index in [-0.39, 0.29) is 5.25 Å². The topological polar surface area (TPSA) is 34.1 Å². The van der Waals surface area contributed by atoms with Gasteiger partial charge in [-0.15, -0.1) is 0 Å². The van der Waals surface area contributed by atoms with Crippen LogP contribution in [-0.2, 0) is 9.84 Å². The van der Waals surface area contributed by atoms with Gasteiger partial charge in [-0.05, 0) is 97.9 Å². The molecule has 4 rings (SSSR count). The highest BCUT2D eigenvalue weighted by Gasteiger charge is 2.51. The van der Waals surface area contributed by atoms with Gasteiger partial charge in [-0.1, -0.05) is 70.9 Å². The Bertz CT molecular complexity index is 905. The fourth-order valence-corrected chi connectivity index (χ4v) is 9.56. The monoisotopic (exact) mass is 458 g/mol. The molecule has 7 atom stereocenters. The van der Waals surface area contributed by atoms with Crippen LogP contribution in [0.2, 0.25) is 0 Å². The Balaban J connectivity index is 1.58. The van der Waals surface area contributed by atoms with Crippen LogP contribution in [-0.4, -0.2) is 19.4 Å². The predicted molar refractivity (Wildman–Crippen MR) is 136 cm³/mol. The van der Waals surface area contributed by atoms with Crippen molar-refractivity contribution in [3.63, 3.8) is 0 Å². The first kappa shape index (κ1) is 24.3. The molecule has 2 fully saturated rings. The minimum atomic E-state index is -3.06. The molecule has 3 unspecified atom stereocenters. The van der Waals surface area contributed by atoms with Gasteiger partial charge < -0.3 is 0 Å². The normalized spacial score (nSPS) is 40.2. The Morgan fingerprint density at radius 3 is 2.50 bits per heavy atom. The number of hydrogen-bond acceptors (Lipinski definition) is 2. The van der Waals surface area contributed by atoms with Crippen LogP contribution in [0, 0.1) is 40.9 Å². The van der Waals surface area contributed by atoms with E-state index >= 15 is 0 Å². The molecule has 0 N–H and O–H groups in total. The largest absolute Gasteiger partial charge is 0.228 e. The molecule has 0 bridgehead atoms. The molecule has 3 heteroatoms. The quantitative estimate of drug-likeness (QED) is 0.399. The zero-order valence-corrected chi connectivity index (χ0v) is 22.2. The van der Waals surface area contributed by atoms with Crippen molar-refractivity contribution in [1.29, 1.82) is 0 Å².